The first-order valence-electron chi connectivity index (χ1n) is 6.84. The Balaban J connectivity index is 1.60. The van der Waals surface area contributed by atoms with Crippen LogP contribution in [0.15, 0.2) is 16.5 Å². The summed E-state index contributed by atoms with van der Waals surface area (Å²) in [5, 5.41) is 13.5. The number of fused-ring (bicyclic) bond motifs is 1. The van der Waals surface area contributed by atoms with Crippen molar-refractivity contribution >= 4 is 5.91 Å². The number of nitrogens with one attached hydrogen (secondary N) is 1. The first-order valence-corrected chi connectivity index (χ1v) is 6.84. The summed E-state index contributed by atoms with van der Waals surface area (Å²) in [5.41, 5.74) is 0.0240. The zero-order chi connectivity index (χ0) is 13.7. The van der Waals surface area contributed by atoms with E-state index in [-0.39, 0.29) is 11.4 Å². The molecule has 1 saturated carbocycles. The fraction of sp³-hybridized carbons (Fsp3) is 0.538. The minimum Gasteiger partial charge on any atom is -0.447 e. The third-order valence-corrected chi connectivity index (χ3v) is 4.82. The van der Waals surface area contributed by atoms with Gasteiger partial charge in [-0.25, -0.2) is 0 Å². The molecule has 0 aromatic carbocycles. The third kappa shape index (κ3) is 1.46. The highest BCUT2D eigenvalue weighted by Gasteiger charge is 2.53. The second-order valence-corrected chi connectivity index (χ2v) is 5.74. The Morgan fingerprint density at radius 1 is 1.50 bits per heavy atom. The van der Waals surface area contributed by atoms with Crippen LogP contribution in [-0.4, -0.2) is 43.5 Å². The largest absolute Gasteiger partial charge is 0.447 e. The van der Waals surface area contributed by atoms with Gasteiger partial charge in [0.15, 0.2) is 11.5 Å². The second kappa shape index (κ2) is 3.91. The Labute approximate surface area is 115 Å². The lowest BCUT2D eigenvalue weighted by atomic mass is 9.68. The molecule has 7 heteroatoms. The van der Waals surface area contributed by atoms with Crippen LogP contribution in [-0.2, 0) is 0 Å². The van der Waals surface area contributed by atoms with Gasteiger partial charge in [0, 0.05) is 12.1 Å². The fourth-order valence-electron chi connectivity index (χ4n) is 3.42. The van der Waals surface area contributed by atoms with E-state index >= 15 is 0 Å². The number of aromatic amines is 1. The molecule has 0 radical (unpaired) electrons. The number of furan rings is 1. The summed E-state index contributed by atoms with van der Waals surface area (Å²) < 4.78 is 5.58. The van der Waals surface area contributed by atoms with Crippen molar-refractivity contribution in [2.75, 3.05) is 6.54 Å². The number of aromatic nitrogens is 4. The topological polar surface area (TPSA) is 87.9 Å². The number of likely N-dealkylation sites (tertiary alicyclic amines) is 1. The first-order chi connectivity index (χ1) is 9.68. The van der Waals surface area contributed by atoms with Gasteiger partial charge in [-0.15, -0.1) is 10.2 Å². The summed E-state index contributed by atoms with van der Waals surface area (Å²) in [6, 6.07) is 3.39. The lowest BCUT2D eigenvalue weighted by molar-refractivity contribution is 0.0255. The molecule has 2 aliphatic rings. The van der Waals surface area contributed by atoms with Crippen LogP contribution in [0.1, 0.15) is 36.7 Å². The molecular formula is C13H15N5O2. The lowest BCUT2D eigenvalue weighted by Gasteiger charge is -2.47. The number of rotatable bonds is 2. The maximum Gasteiger partial charge on any atom is 0.290 e. The number of H-pyrrole nitrogens is 1. The van der Waals surface area contributed by atoms with E-state index in [1.165, 1.54) is 6.42 Å². The molecule has 7 nitrogen and oxygen atoms in total. The van der Waals surface area contributed by atoms with Crippen molar-refractivity contribution in [3.8, 4) is 11.6 Å². The summed E-state index contributed by atoms with van der Waals surface area (Å²) in [6.45, 7) is 2.99. The highest BCUT2D eigenvalue weighted by molar-refractivity contribution is 5.93. The molecule has 0 spiro atoms. The quantitative estimate of drug-likeness (QED) is 0.895. The molecule has 1 aliphatic carbocycles. The van der Waals surface area contributed by atoms with E-state index in [1.54, 1.807) is 12.1 Å². The van der Waals surface area contributed by atoms with Gasteiger partial charge in [-0.2, -0.15) is 5.21 Å². The molecule has 1 amide bonds. The maximum absolute atomic E-state index is 12.6. The van der Waals surface area contributed by atoms with Crippen molar-refractivity contribution in [3.05, 3.63) is 17.9 Å². The van der Waals surface area contributed by atoms with Gasteiger partial charge < -0.3 is 9.32 Å². The zero-order valence-electron chi connectivity index (χ0n) is 11.2. The van der Waals surface area contributed by atoms with Crippen molar-refractivity contribution in [1.82, 2.24) is 25.5 Å². The highest BCUT2D eigenvalue weighted by Crippen LogP contribution is 2.50. The average Bonchev–Trinajstić information content (AvgIpc) is 3.13. The van der Waals surface area contributed by atoms with Crippen LogP contribution in [0.4, 0.5) is 0 Å². The molecule has 2 aromatic heterocycles. The molecule has 2 fully saturated rings. The Bertz CT molecular complexity index is 650. The van der Waals surface area contributed by atoms with Gasteiger partial charge in [-0.05, 0) is 49.5 Å². The molecule has 20 heavy (non-hydrogen) atoms. The van der Waals surface area contributed by atoms with E-state index in [9.17, 15) is 4.79 Å². The lowest BCUT2D eigenvalue weighted by Crippen LogP contribution is -2.53. The number of nitrogens with zero attached hydrogens (tertiary/aromatic N) is 4. The Morgan fingerprint density at radius 3 is 3.05 bits per heavy atom. The molecule has 4 rings (SSSR count). The minimum absolute atomic E-state index is 0.0240. The maximum atomic E-state index is 12.6. The molecule has 3 heterocycles. The first kappa shape index (κ1) is 11.6. The smallest absolute Gasteiger partial charge is 0.290 e. The summed E-state index contributed by atoms with van der Waals surface area (Å²) in [6.07, 6.45) is 3.41. The van der Waals surface area contributed by atoms with Crippen molar-refractivity contribution in [2.24, 2.45) is 5.92 Å². The molecular weight excluding hydrogens is 258 g/mol. The number of hydrogen-bond donors (Lipinski definition) is 1. The van der Waals surface area contributed by atoms with Crippen LogP contribution < -0.4 is 0 Å². The van der Waals surface area contributed by atoms with Gasteiger partial charge in [0.25, 0.3) is 5.91 Å². The van der Waals surface area contributed by atoms with Crippen molar-refractivity contribution in [3.63, 3.8) is 0 Å². The second-order valence-electron chi connectivity index (χ2n) is 5.74. The van der Waals surface area contributed by atoms with Crippen LogP contribution in [0.5, 0.6) is 0 Å². The molecule has 1 N–H and O–H groups in total. The van der Waals surface area contributed by atoms with Crippen LogP contribution in [0, 0.1) is 5.92 Å². The SMILES string of the molecule is C[C@]12CC[C@H]1CCN2C(=O)c1ccc(-c2nn[nH]n2)o1. The minimum atomic E-state index is -0.0376. The van der Waals surface area contributed by atoms with E-state index in [1.807, 2.05) is 4.90 Å². The van der Waals surface area contributed by atoms with E-state index < -0.39 is 0 Å². The molecule has 1 saturated heterocycles. The Kier molecular flexibility index (Phi) is 2.27. The van der Waals surface area contributed by atoms with E-state index in [2.05, 4.69) is 27.5 Å². The van der Waals surface area contributed by atoms with Gasteiger partial charge in [0.05, 0.1) is 0 Å². The summed E-state index contributed by atoms with van der Waals surface area (Å²) in [7, 11) is 0. The third-order valence-electron chi connectivity index (χ3n) is 4.82. The van der Waals surface area contributed by atoms with E-state index in [0.29, 0.717) is 23.3 Å². The van der Waals surface area contributed by atoms with Crippen molar-refractivity contribution in [2.45, 2.75) is 31.7 Å². The van der Waals surface area contributed by atoms with Gasteiger partial charge in [0.2, 0.25) is 5.82 Å². The molecule has 2 aromatic rings. The van der Waals surface area contributed by atoms with E-state index in [4.69, 9.17) is 4.42 Å². The number of hydrogen-bond acceptors (Lipinski definition) is 5. The standard InChI is InChI=1S/C13H15N5O2/c1-13-6-4-8(13)5-7-18(13)12(19)10-3-2-9(20-10)11-14-16-17-15-11/h2-3,8H,4-7H2,1H3,(H,14,15,16,17)/t8-,13-/m0/s1. The summed E-state index contributed by atoms with van der Waals surface area (Å²) >= 11 is 0. The van der Waals surface area contributed by atoms with Gasteiger partial charge in [0.1, 0.15) is 0 Å². The van der Waals surface area contributed by atoms with Crippen LogP contribution in [0.3, 0.4) is 0 Å². The van der Waals surface area contributed by atoms with E-state index in [0.717, 1.165) is 19.4 Å². The fourth-order valence-corrected chi connectivity index (χ4v) is 3.42. The number of tetrazole rings is 1. The molecule has 104 valence electrons. The Hall–Kier alpha value is -2.18. The monoisotopic (exact) mass is 273 g/mol. The molecule has 2 atom stereocenters. The van der Waals surface area contributed by atoms with Crippen LogP contribution in [0.2, 0.25) is 0 Å². The number of carbonyl (C=O) groups excluding carboxylic acids is 1. The van der Waals surface area contributed by atoms with Crippen molar-refractivity contribution < 1.29 is 9.21 Å². The normalized spacial score (nSPS) is 28.2. The predicted molar refractivity (Wildman–Crippen MR) is 68.7 cm³/mol. The molecule has 0 unspecified atom stereocenters. The summed E-state index contributed by atoms with van der Waals surface area (Å²) in [4.78, 5) is 14.6. The Morgan fingerprint density at radius 2 is 2.40 bits per heavy atom. The molecule has 1 aliphatic heterocycles. The van der Waals surface area contributed by atoms with Crippen LogP contribution >= 0.6 is 0 Å². The van der Waals surface area contributed by atoms with Crippen LogP contribution in [0.25, 0.3) is 11.6 Å². The molecule has 0 bridgehead atoms. The van der Waals surface area contributed by atoms with Gasteiger partial charge >= 0.3 is 0 Å². The number of carbonyl (C=O) groups is 1. The number of amides is 1. The summed E-state index contributed by atoms with van der Waals surface area (Å²) in [5.74, 6) is 1.77. The predicted octanol–water partition coefficient (Wildman–Crippen LogP) is 1.47. The zero-order valence-corrected chi connectivity index (χ0v) is 11.2. The van der Waals surface area contributed by atoms with Gasteiger partial charge in [-0.3, -0.25) is 4.79 Å². The van der Waals surface area contributed by atoms with Crippen molar-refractivity contribution in [1.29, 1.82) is 0 Å². The van der Waals surface area contributed by atoms with Gasteiger partial charge in [-0.1, -0.05) is 0 Å². The highest BCUT2D eigenvalue weighted by atomic mass is 16.4. The average molecular weight is 273 g/mol.